The van der Waals surface area contributed by atoms with Gasteiger partial charge in [-0.05, 0) is 5.92 Å². The highest BCUT2D eigenvalue weighted by atomic mass is 16.5. The van der Waals surface area contributed by atoms with Crippen molar-refractivity contribution in [1.29, 1.82) is 0 Å². The Hall–Kier alpha value is -2.11. The van der Waals surface area contributed by atoms with Crippen LogP contribution < -0.4 is 5.32 Å². The lowest BCUT2D eigenvalue weighted by Gasteiger charge is -2.10. The van der Waals surface area contributed by atoms with Crippen molar-refractivity contribution in [1.82, 2.24) is 20.0 Å². The van der Waals surface area contributed by atoms with Gasteiger partial charge in [-0.15, -0.1) is 0 Å². The van der Waals surface area contributed by atoms with Gasteiger partial charge in [-0.1, -0.05) is 32.9 Å². The van der Waals surface area contributed by atoms with Crippen LogP contribution in [0.15, 0.2) is 23.1 Å². The topological polar surface area (TPSA) is 73.0 Å². The highest BCUT2D eigenvalue weighted by molar-refractivity contribution is 5.92. The molecular formula is C15H22N4O2. The van der Waals surface area contributed by atoms with Crippen LogP contribution in [0.4, 0.5) is 0 Å². The van der Waals surface area contributed by atoms with Crippen molar-refractivity contribution < 1.29 is 9.32 Å². The first-order valence-corrected chi connectivity index (χ1v) is 7.21. The molecule has 1 amide bonds. The molecule has 0 bridgehead atoms. The van der Waals surface area contributed by atoms with Gasteiger partial charge in [0.15, 0.2) is 5.69 Å². The predicted octanol–water partition coefficient (Wildman–Crippen LogP) is 2.58. The highest BCUT2D eigenvalue weighted by Crippen LogP contribution is 2.15. The number of imidazole rings is 1. The average Bonchev–Trinajstić information content (AvgIpc) is 3.04. The number of carbonyl (C=O) groups is 1. The Labute approximate surface area is 124 Å². The Morgan fingerprint density at radius 2 is 2.14 bits per heavy atom. The number of hydrogen-bond acceptors (Lipinski definition) is 4. The zero-order valence-electron chi connectivity index (χ0n) is 13.0. The number of rotatable bonds is 6. The van der Waals surface area contributed by atoms with Crippen LogP contribution in [0.25, 0.3) is 0 Å². The third-order valence-electron chi connectivity index (χ3n) is 3.12. The summed E-state index contributed by atoms with van der Waals surface area (Å²) in [6.07, 6.45) is 3.56. The normalized spacial score (nSPS) is 11.3. The number of carbonyl (C=O) groups excluding carboxylic acids is 1. The van der Waals surface area contributed by atoms with Gasteiger partial charge >= 0.3 is 0 Å². The quantitative estimate of drug-likeness (QED) is 0.887. The second kappa shape index (κ2) is 6.56. The monoisotopic (exact) mass is 290 g/mol. The molecule has 1 N–H and O–H groups in total. The van der Waals surface area contributed by atoms with Crippen molar-refractivity contribution >= 4 is 5.91 Å². The average molecular weight is 290 g/mol. The standard InChI is InChI=1S/C15H22N4O2/c1-10(2)8-19-9-16-6-12(19)7-17-15(20)13-5-14(11(3)4)21-18-13/h5-6,9-11H,7-8H2,1-4H3,(H,17,20). The molecule has 0 fully saturated rings. The smallest absolute Gasteiger partial charge is 0.273 e. The van der Waals surface area contributed by atoms with E-state index in [4.69, 9.17) is 4.52 Å². The highest BCUT2D eigenvalue weighted by Gasteiger charge is 2.14. The third kappa shape index (κ3) is 3.93. The summed E-state index contributed by atoms with van der Waals surface area (Å²) in [4.78, 5) is 16.2. The number of nitrogens with one attached hydrogen (secondary N) is 1. The summed E-state index contributed by atoms with van der Waals surface area (Å²) in [5.74, 6) is 1.22. The van der Waals surface area contributed by atoms with Crippen molar-refractivity contribution in [2.24, 2.45) is 5.92 Å². The Morgan fingerprint density at radius 1 is 1.38 bits per heavy atom. The summed E-state index contributed by atoms with van der Waals surface area (Å²) in [7, 11) is 0. The van der Waals surface area contributed by atoms with Crippen molar-refractivity contribution in [2.45, 2.75) is 46.7 Å². The molecular weight excluding hydrogens is 268 g/mol. The van der Waals surface area contributed by atoms with E-state index in [9.17, 15) is 4.79 Å². The molecule has 6 nitrogen and oxygen atoms in total. The third-order valence-corrected chi connectivity index (χ3v) is 3.12. The van der Waals surface area contributed by atoms with Gasteiger partial charge in [0.2, 0.25) is 0 Å². The minimum atomic E-state index is -0.233. The van der Waals surface area contributed by atoms with E-state index in [1.54, 1.807) is 18.6 Å². The van der Waals surface area contributed by atoms with Crippen LogP contribution in [-0.2, 0) is 13.1 Å². The van der Waals surface area contributed by atoms with Gasteiger partial charge in [0.05, 0.1) is 18.6 Å². The Bertz CT molecular complexity index is 598. The molecule has 2 aromatic heterocycles. The van der Waals surface area contributed by atoms with Crippen molar-refractivity contribution in [3.63, 3.8) is 0 Å². The maximum atomic E-state index is 12.0. The molecule has 0 spiro atoms. The summed E-state index contributed by atoms with van der Waals surface area (Å²) in [6.45, 7) is 9.58. The number of aromatic nitrogens is 3. The fraction of sp³-hybridized carbons (Fsp3) is 0.533. The molecule has 6 heteroatoms. The summed E-state index contributed by atoms with van der Waals surface area (Å²) in [5.41, 5.74) is 1.29. The van der Waals surface area contributed by atoms with E-state index >= 15 is 0 Å². The van der Waals surface area contributed by atoms with E-state index in [1.165, 1.54) is 0 Å². The summed E-state index contributed by atoms with van der Waals surface area (Å²) in [5, 5.41) is 6.64. The lowest BCUT2D eigenvalue weighted by atomic mass is 10.1. The van der Waals surface area contributed by atoms with Crippen LogP contribution in [0.5, 0.6) is 0 Å². The molecule has 114 valence electrons. The van der Waals surface area contributed by atoms with Crippen LogP contribution in [-0.4, -0.2) is 20.6 Å². The minimum Gasteiger partial charge on any atom is -0.360 e. The second-order valence-electron chi connectivity index (χ2n) is 5.88. The predicted molar refractivity (Wildman–Crippen MR) is 78.8 cm³/mol. The maximum Gasteiger partial charge on any atom is 0.273 e. The largest absolute Gasteiger partial charge is 0.360 e. The first-order valence-electron chi connectivity index (χ1n) is 7.21. The van der Waals surface area contributed by atoms with Crippen molar-refractivity contribution in [3.05, 3.63) is 35.7 Å². The van der Waals surface area contributed by atoms with Gasteiger partial charge < -0.3 is 14.4 Å². The van der Waals surface area contributed by atoms with E-state index in [-0.39, 0.29) is 11.8 Å². The van der Waals surface area contributed by atoms with Crippen LogP contribution in [0.3, 0.4) is 0 Å². The van der Waals surface area contributed by atoms with Crippen molar-refractivity contribution in [3.8, 4) is 0 Å². The lowest BCUT2D eigenvalue weighted by Crippen LogP contribution is -2.24. The minimum absolute atomic E-state index is 0.214. The molecule has 2 heterocycles. The molecule has 0 atom stereocenters. The van der Waals surface area contributed by atoms with E-state index in [0.717, 1.165) is 12.2 Å². The SMILES string of the molecule is CC(C)Cn1cncc1CNC(=O)c1cc(C(C)C)on1. The van der Waals surface area contributed by atoms with Crippen molar-refractivity contribution in [2.75, 3.05) is 0 Å². The molecule has 2 rings (SSSR count). The van der Waals surface area contributed by atoms with Gasteiger partial charge in [0, 0.05) is 24.7 Å². The molecule has 2 aromatic rings. The van der Waals surface area contributed by atoms with Crippen LogP contribution in [0.1, 0.15) is 55.6 Å². The summed E-state index contributed by atoms with van der Waals surface area (Å²) >= 11 is 0. The molecule has 0 aliphatic rings. The Kier molecular flexibility index (Phi) is 4.77. The van der Waals surface area contributed by atoms with Gasteiger partial charge in [0.1, 0.15) is 5.76 Å². The van der Waals surface area contributed by atoms with E-state index in [2.05, 4.69) is 29.3 Å². The number of amides is 1. The summed E-state index contributed by atoms with van der Waals surface area (Å²) < 4.78 is 7.18. The molecule has 0 radical (unpaired) electrons. The lowest BCUT2D eigenvalue weighted by molar-refractivity contribution is 0.0940. The zero-order chi connectivity index (χ0) is 15.4. The number of nitrogens with zero attached hydrogens (tertiary/aromatic N) is 3. The maximum absolute atomic E-state index is 12.0. The van der Waals surface area contributed by atoms with Crippen LogP contribution >= 0.6 is 0 Å². The first-order chi connectivity index (χ1) is 9.97. The molecule has 0 aliphatic carbocycles. The fourth-order valence-corrected chi connectivity index (χ4v) is 1.98. The van der Waals surface area contributed by atoms with Gasteiger partial charge in [-0.25, -0.2) is 4.98 Å². The molecule has 0 unspecified atom stereocenters. The van der Waals surface area contributed by atoms with Gasteiger partial charge in [-0.3, -0.25) is 4.79 Å². The van der Waals surface area contributed by atoms with Crippen LogP contribution in [0, 0.1) is 5.92 Å². The zero-order valence-corrected chi connectivity index (χ0v) is 13.0. The first kappa shape index (κ1) is 15.3. The summed E-state index contributed by atoms with van der Waals surface area (Å²) in [6, 6.07) is 1.69. The Balaban J connectivity index is 1.96. The number of hydrogen-bond donors (Lipinski definition) is 1. The van der Waals surface area contributed by atoms with Gasteiger partial charge in [0.25, 0.3) is 5.91 Å². The van der Waals surface area contributed by atoms with E-state index < -0.39 is 0 Å². The molecule has 21 heavy (non-hydrogen) atoms. The van der Waals surface area contributed by atoms with Crippen LogP contribution in [0.2, 0.25) is 0 Å². The molecule has 0 aromatic carbocycles. The molecule has 0 aliphatic heterocycles. The fourth-order valence-electron chi connectivity index (χ4n) is 1.98. The van der Waals surface area contributed by atoms with E-state index in [0.29, 0.717) is 23.9 Å². The second-order valence-corrected chi connectivity index (χ2v) is 5.88. The molecule has 0 saturated heterocycles. The van der Waals surface area contributed by atoms with Gasteiger partial charge in [-0.2, -0.15) is 0 Å². The Morgan fingerprint density at radius 3 is 2.76 bits per heavy atom. The molecule has 0 saturated carbocycles. The van der Waals surface area contributed by atoms with E-state index in [1.807, 2.05) is 18.4 Å².